The van der Waals surface area contributed by atoms with Gasteiger partial charge in [0.25, 0.3) is 5.91 Å². The molecule has 0 fully saturated rings. The van der Waals surface area contributed by atoms with Crippen LogP contribution in [0.15, 0.2) is 42.5 Å². The molecule has 0 aliphatic carbocycles. The smallest absolute Gasteiger partial charge is 0.420 e. The van der Waals surface area contributed by atoms with E-state index in [1.165, 1.54) is 10.6 Å². The molecule has 1 unspecified atom stereocenters. The standard InChI is InChI=1S/C23H24ClN3O5/c1-13-26-18-10-7-15(11-19(18)27(13)22(31)32-23(2,3)4)20(28)25-12-17(21(29)30)14-5-8-16(24)9-6-14/h5-11,17H,12H2,1-4H3,(H,25,28)(H,29,30). The second-order valence-electron chi connectivity index (χ2n) is 8.33. The lowest BCUT2D eigenvalue weighted by Gasteiger charge is -2.20. The molecule has 8 nitrogen and oxygen atoms in total. The minimum absolute atomic E-state index is 0.113. The van der Waals surface area contributed by atoms with E-state index in [1.54, 1.807) is 64.1 Å². The molecule has 1 aromatic heterocycles. The highest BCUT2D eigenvalue weighted by atomic mass is 35.5. The number of carboxylic acids is 1. The van der Waals surface area contributed by atoms with Gasteiger partial charge in [-0.3, -0.25) is 9.59 Å². The van der Waals surface area contributed by atoms with Crippen molar-refractivity contribution in [3.05, 3.63) is 64.4 Å². The molecule has 0 bridgehead atoms. The Kier molecular flexibility index (Phi) is 6.55. The maximum absolute atomic E-state index is 12.7. The van der Waals surface area contributed by atoms with Crippen molar-refractivity contribution in [2.45, 2.75) is 39.2 Å². The third-order valence-electron chi connectivity index (χ3n) is 4.70. The van der Waals surface area contributed by atoms with E-state index >= 15 is 0 Å². The van der Waals surface area contributed by atoms with Crippen molar-refractivity contribution < 1.29 is 24.2 Å². The molecule has 32 heavy (non-hydrogen) atoms. The maximum Gasteiger partial charge on any atom is 0.420 e. The van der Waals surface area contributed by atoms with Crippen molar-refractivity contribution in [3.8, 4) is 0 Å². The average molecular weight is 458 g/mol. The Hall–Kier alpha value is -3.39. The molecule has 1 amide bonds. The van der Waals surface area contributed by atoms with E-state index in [1.807, 2.05) is 0 Å². The van der Waals surface area contributed by atoms with Crippen LogP contribution in [0.4, 0.5) is 4.79 Å². The molecule has 3 aromatic rings. The van der Waals surface area contributed by atoms with Gasteiger partial charge in [0.05, 0.1) is 17.0 Å². The number of carboxylic acid groups (broad SMARTS) is 1. The van der Waals surface area contributed by atoms with Crippen molar-refractivity contribution >= 4 is 40.6 Å². The van der Waals surface area contributed by atoms with Crippen LogP contribution in [0, 0.1) is 6.92 Å². The molecule has 0 radical (unpaired) electrons. The van der Waals surface area contributed by atoms with Crippen LogP contribution < -0.4 is 5.32 Å². The number of rotatable bonds is 5. The predicted octanol–water partition coefficient (Wildman–Crippen LogP) is 4.38. The van der Waals surface area contributed by atoms with E-state index in [4.69, 9.17) is 16.3 Å². The second-order valence-corrected chi connectivity index (χ2v) is 8.77. The first-order valence-electron chi connectivity index (χ1n) is 9.95. The molecule has 1 atom stereocenters. The highest BCUT2D eigenvalue weighted by Crippen LogP contribution is 2.21. The maximum atomic E-state index is 12.7. The van der Waals surface area contributed by atoms with E-state index in [-0.39, 0.29) is 12.1 Å². The summed E-state index contributed by atoms with van der Waals surface area (Å²) in [5.74, 6) is -2.04. The minimum Gasteiger partial charge on any atom is -0.481 e. The van der Waals surface area contributed by atoms with E-state index in [2.05, 4.69) is 10.3 Å². The zero-order chi connectivity index (χ0) is 23.6. The molecule has 0 spiro atoms. The Labute approximate surface area is 190 Å². The number of benzene rings is 2. The summed E-state index contributed by atoms with van der Waals surface area (Å²) in [5.41, 5.74) is 1.06. The number of carbonyl (C=O) groups is 3. The lowest BCUT2D eigenvalue weighted by molar-refractivity contribution is -0.138. The first-order valence-corrected chi connectivity index (χ1v) is 10.3. The van der Waals surface area contributed by atoms with Crippen LogP contribution in [0.25, 0.3) is 11.0 Å². The van der Waals surface area contributed by atoms with Gasteiger partial charge in [0, 0.05) is 17.1 Å². The van der Waals surface area contributed by atoms with Crippen LogP contribution in [0.1, 0.15) is 48.4 Å². The number of aromatic nitrogens is 2. The van der Waals surface area contributed by atoms with E-state index in [9.17, 15) is 19.5 Å². The summed E-state index contributed by atoms with van der Waals surface area (Å²) in [5, 5.41) is 12.7. The summed E-state index contributed by atoms with van der Waals surface area (Å²) in [4.78, 5) is 41.4. The van der Waals surface area contributed by atoms with Crippen LogP contribution in [-0.2, 0) is 9.53 Å². The number of hydrogen-bond acceptors (Lipinski definition) is 5. The Morgan fingerprint density at radius 3 is 2.41 bits per heavy atom. The zero-order valence-electron chi connectivity index (χ0n) is 18.2. The number of fused-ring (bicyclic) bond motifs is 1. The monoisotopic (exact) mass is 457 g/mol. The van der Waals surface area contributed by atoms with Gasteiger partial charge in [0.15, 0.2) is 0 Å². The number of hydrogen-bond donors (Lipinski definition) is 2. The SMILES string of the molecule is Cc1nc2ccc(C(=O)NCC(C(=O)O)c3ccc(Cl)cc3)cc2n1C(=O)OC(C)(C)C. The van der Waals surface area contributed by atoms with Gasteiger partial charge in [0.2, 0.25) is 0 Å². The number of nitrogens with zero attached hydrogens (tertiary/aromatic N) is 2. The first kappa shape index (κ1) is 23.3. The number of aliphatic carboxylic acids is 1. The van der Waals surface area contributed by atoms with E-state index < -0.39 is 29.5 Å². The highest BCUT2D eigenvalue weighted by Gasteiger charge is 2.24. The number of imidazole rings is 1. The third-order valence-corrected chi connectivity index (χ3v) is 4.95. The highest BCUT2D eigenvalue weighted by molar-refractivity contribution is 6.30. The zero-order valence-corrected chi connectivity index (χ0v) is 18.9. The fraction of sp³-hybridized carbons (Fsp3) is 0.304. The second kappa shape index (κ2) is 9.00. The minimum atomic E-state index is -1.07. The van der Waals surface area contributed by atoms with Crippen LogP contribution >= 0.6 is 11.6 Å². The van der Waals surface area contributed by atoms with Crippen molar-refractivity contribution in [2.75, 3.05) is 6.54 Å². The van der Waals surface area contributed by atoms with Crippen LogP contribution in [0.2, 0.25) is 5.02 Å². The Bertz CT molecular complexity index is 1180. The van der Waals surface area contributed by atoms with Gasteiger partial charge in [-0.25, -0.2) is 14.3 Å². The third kappa shape index (κ3) is 5.26. The van der Waals surface area contributed by atoms with Crippen molar-refractivity contribution in [2.24, 2.45) is 0 Å². The summed E-state index contributed by atoms with van der Waals surface area (Å²) in [7, 11) is 0. The lowest BCUT2D eigenvalue weighted by Crippen LogP contribution is -2.31. The Morgan fingerprint density at radius 1 is 1.16 bits per heavy atom. The summed E-state index contributed by atoms with van der Waals surface area (Å²) >= 11 is 5.87. The van der Waals surface area contributed by atoms with Gasteiger partial charge in [0.1, 0.15) is 11.4 Å². The summed E-state index contributed by atoms with van der Waals surface area (Å²) in [6.45, 7) is 6.85. The number of aryl methyl sites for hydroxylation is 1. The van der Waals surface area contributed by atoms with Gasteiger partial charge in [-0.1, -0.05) is 23.7 Å². The quantitative estimate of drug-likeness (QED) is 0.588. The lowest BCUT2D eigenvalue weighted by atomic mass is 9.99. The molecule has 168 valence electrons. The molecule has 1 heterocycles. The molecule has 0 aliphatic rings. The number of carbonyl (C=O) groups excluding carboxylic acids is 2. The Morgan fingerprint density at radius 2 is 1.81 bits per heavy atom. The van der Waals surface area contributed by atoms with E-state index in [0.717, 1.165) is 0 Å². The van der Waals surface area contributed by atoms with Crippen LogP contribution in [0.3, 0.4) is 0 Å². The van der Waals surface area contributed by atoms with Crippen LogP contribution in [0.5, 0.6) is 0 Å². The molecule has 3 rings (SSSR count). The molecule has 0 saturated carbocycles. The number of nitrogens with one attached hydrogen (secondary N) is 1. The summed E-state index contributed by atoms with van der Waals surface area (Å²) in [6, 6.07) is 11.2. The first-order chi connectivity index (χ1) is 15.0. The molecule has 0 saturated heterocycles. The Balaban J connectivity index is 1.83. The van der Waals surface area contributed by atoms with Crippen LogP contribution in [-0.4, -0.2) is 44.8 Å². The molecule has 9 heteroatoms. The fourth-order valence-corrected chi connectivity index (χ4v) is 3.34. The van der Waals surface area contributed by atoms with Crippen molar-refractivity contribution in [1.29, 1.82) is 0 Å². The fourth-order valence-electron chi connectivity index (χ4n) is 3.21. The van der Waals surface area contributed by atoms with Gasteiger partial charge in [-0.2, -0.15) is 0 Å². The molecule has 2 aromatic carbocycles. The van der Waals surface area contributed by atoms with Crippen molar-refractivity contribution in [1.82, 2.24) is 14.9 Å². The molecular weight excluding hydrogens is 434 g/mol. The van der Waals surface area contributed by atoms with E-state index in [0.29, 0.717) is 27.4 Å². The summed E-state index contributed by atoms with van der Waals surface area (Å²) < 4.78 is 6.75. The van der Waals surface area contributed by atoms with Gasteiger partial charge < -0.3 is 15.2 Å². The topological polar surface area (TPSA) is 111 Å². The number of halogens is 1. The van der Waals surface area contributed by atoms with Crippen molar-refractivity contribution in [3.63, 3.8) is 0 Å². The summed E-state index contributed by atoms with van der Waals surface area (Å²) in [6.07, 6.45) is -0.594. The molecule has 2 N–H and O–H groups in total. The van der Waals surface area contributed by atoms with Gasteiger partial charge >= 0.3 is 12.1 Å². The average Bonchev–Trinajstić information content (AvgIpc) is 3.02. The van der Waals surface area contributed by atoms with Gasteiger partial charge in [-0.05, 0) is 63.6 Å². The molecular formula is C23H24ClN3O5. The largest absolute Gasteiger partial charge is 0.481 e. The number of ether oxygens (including phenoxy) is 1. The predicted molar refractivity (Wildman–Crippen MR) is 120 cm³/mol. The molecule has 0 aliphatic heterocycles. The number of amides is 1. The normalized spacial score (nSPS) is 12.4. The van der Waals surface area contributed by atoms with Gasteiger partial charge in [-0.15, -0.1) is 0 Å².